The van der Waals surface area contributed by atoms with Crippen LogP contribution in [-0.2, 0) is 44.7 Å². The van der Waals surface area contributed by atoms with E-state index >= 15 is 0 Å². The molecule has 19 nitrogen and oxygen atoms in total. The lowest BCUT2D eigenvalue weighted by atomic mass is 9.96. The highest BCUT2D eigenvalue weighted by molar-refractivity contribution is 6.00. The molecule has 0 aliphatic carbocycles. The van der Waals surface area contributed by atoms with E-state index < -0.39 is 86.3 Å². The molecule has 13 N–H and O–H groups in total. The number of nitrogens with zero attached hydrogens (tertiary/aromatic N) is 2. The number of H-pyrrole nitrogens is 3. The quantitative estimate of drug-likeness (QED) is 0.0861. The maximum Gasteiger partial charge on any atom is 0.220 e. The Morgan fingerprint density at radius 2 is 0.877 bits per heavy atom. The van der Waals surface area contributed by atoms with Gasteiger partial charge >= 0.3 is 0 Å². The van der Waals surface area contributed by atoms with Gasteiger partial charge in [0.05, 0.1) is 36.0 Å². The average Bonchev–Trinajstić information content (AvgIpc) is 4.13. The third kappa shape index (κ3) is 10.2. The number of aliphatic hydroxyl groups is 8. The number of nitrogens with one attached hydrogen (secondary N) is 5. The van der Waals surface area contributed by atoms with Crippen LogP contribution in [0, 0.1) is 13.8 Å². The number of carbonyl (C=O) groups excluding carboxylic acids is 2. The summed E-state index contributed by atoms with van der Waals surface area (Å²) >= 11 is 0. The third-order valence-electron chi connectivity index (χ3n) is 15.3. The van der Waals surface area contributed by atoms with Crippen LogP contribution in [0.15, 0.2) is 24.3 Å². The van der Waals surface area contributed by atoms with Crippen molar-refractivity contribution in [3.63, 3.8) is 0 Å². The number of aryl methyl sites for hydroxylation is 6. The first-order valence-electron chi connectivity index (χ1n) is 25.5. The van der Waals surface area contributed by atoms with E-state index in [0.29, 0.717) is 25.7 Å². The highest BCUT2D eigenvalue weighted by atomic mass is 16.6. The molecule has 2 saturated heterocycles. The summed E-state index contributed by atoms with van der Waals surface area (Å²) < 4.78 is 10.6. The Hall–Kier alpha value is -5.58. The van der Waals surface area contributed by atoms with Crippen molar-refractivity contribution in [1.29, 1.82) is 0 Å². The summed E-state index contributed by atoms with van der Waals surface area (Å²) in [4.78, 5) is 48.9. The summed E-state index contributed by atoms with van der Waals surface area (Å²) in [6.45, 7) is 15.3. The summed E-state index contributed by atoms with van der Waals surface area (Å²) in [7, 11) is 0. The summed E-state index contributed by atoms with van der Waals surface area (Å²) in [6, 6.07) is 5.56. The number of carbonyl (C=O) groups is 2. The van der Waals surface area contributed by atoms with Gasteiger partial charge in [0, 0.05) is 45.9 Å². The Morgan fingerprint density at radius 3 is 1.22 bits per heavy atom. The third-order valence-corrected chi connectivity index (χ3v) is 15.3. The molecule has 73 heavy (non-hydrogen) atoms. The highest BCUT2D eigenvalue weighted by Gasteiger charge is 2.45. The predicted molar refractivity (Wildman–Crippen MR) is 276 cm³/mol. The molecule has 0 radical (unpaired) electrons. The molecule has 0 spiro atoms. The minimum Gasteiger partial charge on any atom is -0.394 e. The number of hydrogen-bond acceptors (Lipinski definition) is 14. The van der Waals surface area contributed by atoms with Crippen LogP contribution in [0.2, 0.25) is 0 Å². The Balaban J connectivity index is 1.30. The largest absolute Gasteiger partial charge is 0.394 e. The smallest absolute Gasteiger partial charge is 0.220 e. The molecule has 4 aromatic rings. The molecule has 19 heteroatoms. The van der Waals surface area contributed by atoms with Gasteiger partial charge in [-0.2, -0.15) is 0 Å². The van der Waals surface area contributed by atoms with Crippen LogP contribution in [0.25, 0.3) is 55.4 Å². The highest BCUT2D eigenvalue weighted by Crippen LogP contribution is 2.40. The topological polar surface area (TPSA) is 312 Å². The first kappa shape index (κ1) is 53.7. The number of hydrogen-bond donors (Lipinski definition) is 13. The van der Waals surface area contributed by atoms with Gasteiger partial charge in [-0.25, -0.2) is 9.97 Å². The molecule has 2 fully saturated rings. The molecular weight excluding hydrogens is 939 g/mol. The standard InChI is InChI=1S/C54H71N7O12/c1-9-27-25(7)45-46-26(8)28(10-2)36(59-46)18-34-24(6)32(14-16-44(65)61-48-52(69)50(67)42(22-63)73-54(48)71)40(56-34)20-38-30(12-4)29(11-3)37(57-38)19-39-31(23(5)33(55-39)17-35(27)58-45)13-15-43(64)60-47-51(68)49(66)41(21-62)72-53(47)70/h17-20,41-42,47-57,62-63,66-71H,9-16,21-22H2,1-8H3,(H,60,64)(H,61,65)/t41-,42-,47-,48-,49-,50-,51-,52-,53?,54?/m1/s1. The van der Waals surface area contributed by atoms with Gasteiger partial charge in [0.2, 0.25) is 11.8 Å². The van der Waals surface area contributed by atoms with Crippen molar-refractivity contribution in [2.24, 2.45) is 0 Å². The second-order valence-corrected chi connectivity index (χ2v) is 19.6. The van der Waals surface area contributed by atoms with E-state index in [-0.39, 0.29) is 25.7 Å². The average molecular weight is 1010 g/mol. The fourth-order valence-corrected chi connectivity index (χ4v) is 11.1. The van der Waals surface area contributed by atoms with Crippen molar-refractivity contribution in [2.45, 2.75) is 168 Å². The molecule has 8 heterocycles. The van der Waals surface area contributed by atoms with E-state index in [1.54, 1.807) is 0 Å². The first-order valence-corrected chi connectivity index (χ1v) is 25.5. The van der Waals surface area contributed by atoms with Gasteiger partial charge in [0.1, 0.15) is 48.7 Å². The van der Waals surface area contributed by atoms with Gasteiger partial charge in [0.15, 0.2) is 12.6 Å². The Labute approximate surface area is 423 Å². The lowest BCUT2D eigenvalue weighted by Crippen LogP contribution is -2.64. The number of aromatic nitrogens is 5. The number of rotatable bonds is 14. The minimum absolute atomic E-state index is 0.0464. The number of amides is 2. The molecule has 0 aromatic carbocycles. The van der Waals surface area contributed by atoms with Gasteiger partial charge in [-0.15, -0.1) is 0 Å². The number of ether oxygens (including phenoxy) is 2. The Kier molecular flexibility index (Phi) is 16.3. The molecule has 10 atom stereocenters. The number of allylic oxidation sites excluding steroid dienone is 4. The van der Waals surface area contributed by atoms with Crippen molar-refractivity contribution >= 4 is 67.2 Å². The van der Waals surface area contributed by atoms with Crippen molar-refractivity contribution in [1.82, 2.24) is 35.6 Å². The van der Waals surface area contributed by atoms with Gasteiger partial charge < -0.3 is 75.9 Å². The van der Waals surface area contributed by atoms with E-state index in [4.69, 9.17) is 19.4 Å². The molecule has 2 amide bonds. The van der Waals surface area contributed by atoms with Crippen LogP contribution in [-0.4, -0.2) is 152 Å². The second kappa shape index (κ2) is 22.1. The second-order valence-electron chi connectivity index (χ2n) is 19.6. The molecule has 2 unspecified atom stereocenters. The monoisotopic (exact) mass is 1010 g/mol. The molecule has 0 saturated carbocycles. The molecule has 4 aliphatic heterocycles. The summed E-state index contributed by atoms with van der Waals surface area (Å²) in [6.07, 6.45) is -8.75. The van der Waals surface area contributed by atoms with E-state index in [0.717, 1.165) is 112 Å². The van der Waals surface area contributed by atoms with Crippen molar-refractivity contribution < 1.29 is 59.9 Å². The lowest BCUT2D eigenvalue weighted by Gasteiger charge is -2.40. The fraction of sp³-hybridized carbons (Fsp3) is 0.519. The molecule has 4 aromatic heterocycles. The van der Waals surface area contributed by atoms with Crippen molar-refractivity contribution in [2.75, 3.05) is 13.2 Å². The zero-order valence-electron chi connectivity index (χ0n) is 42.8. The van der Waals surface area contributed by atoms with Gasteiger partial charge in [-0.3, -0.25) is 9.59 Å². The van der Waals surface area contributed by atoms with E-state index in [1.165, 1.54) is 0 Å². The van der Waals surface area contributed by atoms with E-state index in [9.17, 15) is 50.4 Å². The van der Waals surface area contributed by atoms with Crippen LogP contribution in [0.4, 0.5) is 0 Å². The number of aliphatic hydroxyl groups excluding tert-OH is 8. The Bertz CT molecular complexity index is 2840. The van der Waals surface area contributed by atoms with Crippen LogP contribution in [0.3, 0.4) is 0 Å². The molecule has 10 bridgehead atoms. The number of fused-ring (bicyclic) bond motifs is 11. The van der Waals surface area contributed by atoms with Crippen LogP contribution >= 0.6 is 0 Å². The molecule has 8 rings (SSSR count). The Morgan fingerprint density at radius 1 is 0.521 bits per heavy atom. The van der Waals surface area contributed by atoms with E-state index in [2.05, 4.69) is 91.4 Å². The summed E-state index contributed by atoms with van der Waals surface area (Å²) in [5.74, 6) is -0.985. The van der Waals surface area contributed by atoms with Gasteiger partial charge in [0.25, 0.3) is 0 Å². The molecule has 394 valence electrons. The maximum absolute atomic E-state index is 13.6. The zero-order chi connectivity index (χ0) is 52.7. The lowest BCUT2D eigenvalue weighted by molar-refractivity contribution is -0.253. The predicted octanol–water partition coefficient (Wildman–Crippen LogP) is 3.48. The van der Waals surface area contributed by atoms with Crippen molar-refractivity contribution in [3.8, 4) is 0 Å². The number of aromatic amines is 3. The van der Waals surface area contributed by atoms with Gasteiger partial charge in [-0.05, 0) is 146 Å². The van der Waals surface area contributed by atoms with Crippen LogP contribution < -0.4 is 10.6 Å². The molecular formula is C54H71N7O12. The normalized spacial score (nSPS) is 25.4. The maximum atomic E-state index is 13.6. The zero-order valence-corrected chi connectivity index (χ0v) is 42.8. The minimum atomic E-state index is -1.66. The van der Waals surface area contributed by atoms with Crippen LogP contribution in [0.5, 0.6) is 0 Å². The first-order chi connectivity index (χ1) is 34.9. The summed E-state index contributed by atoms with van der Waals surface area (Å²) in [5, 5.41) is 88.1. The summed E-state index contributed by atoms with van der Waals surface area (Å²) in [5.41, 5.74) is 17.8. The fourth-order valence-electron chi connectivity index (χ4n) is 11.1. The molecule has 4 aliphatic rings. The van der Waals surface area contributed by atoms with Gasteiger partial charge in [-0.1, -0.05) is 27.7 Å². The van der Waals surface area contributed by atoms with Crippen LogP contribution in [0.1, 0.15) is 123 Å². The van der Waals surface area contributed by atoms with Crippen molar-refractivity contribution in [3.05, 3.63) is 80.4 Å². The SMILES string of the molecule is CCC1=C(C)c2nc1cc1[nH]c(cc3[nH]c(cc4[nH]c(cc5nc2C(C)=C5CC)c(C)c4CCC(=O)N[C@H]2C(O)O[C@H](CO)[C@@H](O)[C@@H]2O)c(CC)c3CC)c(CCC(=O)N[C@H]2C(O)O[C@H](CO)[C@@H](O)[C@@H]2O)c1C. The van der Waals surface area contributed by atoms with E-state index in [1.807, 2.05) is 13.8 Å².